The van der Waals surface area contributed by atoms with Crippen molar-refractivity contribution in [3.8, 4) is 0 Å². The minimum Gasteiger partial charge on any atom is -0.458 e. The van der Waals surface area contributed by atoms with E-state index in [0.717, 1.165) is 0 Å². The van der Waals surface area contributed by atoms with E-state index in [-0.39, 0.29) is 24.0 Å². The Labute approximate surface area is 96.2 Å². The average molecular weight is 232 g/mol. The third-order valence-corrected chi connectivity index (χ3v) is 0.479. The molecule has 0 aromatic rings. The van der Waals surface area contributed by atoms with E-state index in [1.807, 2.05) is 0 Å². The first-order valence-electron chi connectivity index (χ1n) is 4.66. The van der Waals surface area contributed by atoms with Crippen LogP contribution in [-0.4, -0.2) is 29.9 Å². The van der Waals surface area contributed by atoms with Crippen LogP contribution in [0.15, 0.2) is 0 Å². The van der Waals surface area contributed by atoms with Crippen molar-refractivity contribution in [2.75, 3.05) is 6.61 Å². The standard InChI is InChI=1S/C5H8O3.2C3H6O/c1-4(6)3-8-5(2)7;2*1-3(2)4/h3H2,1-2H3;2*1-2H3. The van der Waals surface area contributed by atoms with Gasteiger partial charge in [-0.3, -0.25) is 9.59 Å². The molecule has 0 atom stereocenters. The third kappa shape index (κ3) is 136. The molecule has 0 saturated carbocycles. The molecule has 16 heavy (non-hydrogen) atoms. The second-order valence-corrected chi connectivity index (χ2v) is 3.30. The molecular weight excluding hydrogens is 212 g/mol. The van der Waals surface area contributed by atoms with Crippen molar-refractivity contribution >= 4 is 23.3 Å². The predicted molar refractivity (Wildman–Crippen MR) is 60.0 cm³/mol. The Morgan fingerprint density at radius 2 is 1.00 bits per heavy atom. The van der Waals surface area contributed by atoms with Crippen molar-refractivity contribution in [1.29, 1.82) is 0 Å². The number of rotatable bonds is 2. The molecule has 0 aromatic carbocycles. The summed E-state index contributed by atoms with van der Waals surface area (Å²) in [4.78, 5) is 38.9. The van der Waals surface area contributed by atoms with E-state index in [1.54, 1.807) is 0 Å². The molecule has 0 amide bonds. The van der Waals surface area contributed by atoms with Crippen molar-refractivity contribution in [2.45, 2.75) is 41.5 Å². The minimum absolute atomic E-state index is 0.102. The van der Waals surface area contributed by atoms with Crippen LogP contribution in [0.4, 0.5) is 0 Å². The van der Waals surface area contributed by atoms with E-state index in [4.69, 9.17) is 0 Å². The number of carbonyl (C=O) groups is 4. The zero-order valence-electron chi connectivity index (χ0n) is 10.7. The van der Waals surface area contributed by atoms with Crippen LogP contribution in [0.5, 0.6) is 0 Å². The Morgan fingerprint density at radius 1 is 0.750 bits per heavy atom. The first-order chi connectivity index (χ1) is 7.09. The number of Topliss-reactive ketones (excluding diaryl/α,β-unsaturated/α-hetero) is 3. The summed E-state index contributed by atoms with van der Waals surface area (Å²) < 4.78 is 4.31. The average Bonchev–Trinajstić information content (AvgIpc) is 1.98. The zero-order valence-corrected chi connectivity index (χ0v) is 10.7. The van der Waals surface area contributed by atoms with Crippen LogP contribution in [0.3, 0.4) is 0 Å². The van der Waals surface area contributed by atoms with Gasteiger partial charge in [0, 0.05) is 6.92 Å². The summed E-state index contributed by atoms with van der Waals surface area (Å²) in [5.41, 5.74) is 0. The van der Waals surface area contributed by atoms with Gasteiger partial charge in [-0.15, -0.1) is 0 Å². The van der Waals surface area contributed by atoms with Gasteiger partial charge in [0.1, 0.15) is 18.2 Å². The van der Waals surface area contributed by atoms with Gasteiger partial charge in [-0.2, -0.15) is 0 Å². The van der Waals surface area contributed by atoms with Gasteiger partial charge in [0.15, 0.2) is 5.78 Å². The molecule has 0 heterocycles. The summed E-state index contributed by atoms with van der Waals surface area (Å²) >= 11 is 0. The molecule has 0 spiro atoms. The lowest BCUT2D eigenvalue weighted by Gasteiger charge is -1.93. The fourth-order valence-electron chi connectivity index (χ4n) is 0.203. The molecule has 0 rings (SSSR count). The number of hydrogen-bond acceptors (Lipinski definition) is 5. The zero-order chi connectivity index (χ0) is 13.7. The van der Waals surface area contributed by atoms with E-state index >= 15 is 0 Å². The maximum atomic E-state index is 10.1. The van der Waals surface area contributed by atoms with E-state index in [1.165, 1.54) is 41.5 Å². The Balaban J connectivity index is -0.000000179. The lowest BCUT2D eigenvalue weighted by Crippen LogP contribution is -2.07. The molecule has 0 saturated heterocycles. The number of esters is 1. The van der Waals surface area contributed by atoms with Gasteiger partial charge in [0.05, 0.1) is 0 Å². The van der Waals surface area contributed by atoms with Crippen LogP contribution in [0.1, 0.15) is 41.5 Å². The normalized spacial score (nSPS) is 7.38. The summed E-state index contributed by atoms with van der Waals surface area (Å²) in [5.74, 6) is -0.222. The first kappa shape index (κ1) is 20.0. The van der Waals surface area contributed by atoms with Crippen molar-refractivity contribution < 1.29 is 23.9 Å². The number of ether oxygens (including phenoxy) is 1. The third-order valence-electron chi connectivity index (χ3n) is 0.479. The summed E-state index contributed by atoms with van der Waals surface area (Å²) in [6, 6.07) is 0. The maximum Gasteiger partial charge on any atom is 0.303 e. The number of hydrogen-bond donors (Lipinski definition) is 0. The Morgan fingerprint density at radius 3 is 1.06 bits per heavy atom. The summed E-state index contributed by atoms with van der Waals surface area (Å²) in [7, 11) is 0. The molecule has 0 aliphatic carbocycles. The monoisotopic (exact) mass is 232 g/mol. The highest BCUT2D eigenvalue weighted by molar-refractivity contribution is 5.79. The predicted octanol–water partition coefficient (Wildman–Crippen LogP) is 1.33. The van der Waals surface area contributed by atoms with Crippen LogP contribution in [0.25, 0.3) is 0 Å². The summed E-state index contributed by atoms with van der Waals surface area (Å²) in [6.45, 7) is 8.64. The highest BCUT2D eigenvalue weighted by Crippen LogP contribution is 1.75. The van der Waals surface area contributed by atoms with Crippen LogP contribution in [-0.2, 0) is 23.9 Å². The highest BCUT2D eigenvalue weighted by atomic mass is 16.5. The quantitative estimate of drug-likeness (QED) is 0.671. The van der Waals surface area contributed by atoms with E-state index in [2.05, 4.69) is 4.74 Å². The van der Waals surface area contributed by atoms with Crippen molar-refractivity contribution in [3.05, 3.63) is 0 Å². The largest absolute Gasteiger partial charge is 0.458 e. The van der Waals surface area contributed by atoms with Gasteiger partial charge in [-0.05, 0) is 34.6 Å². The Kier molecular flexibility index (Phi) is 16.8. The summed E-state index contributed by atoms with van der Waals surface area (Å²) in [6.07, 6.45) is 0. The van der Waals surface area contributed by atoms with Crippen molar-refractivity contribution in [1.82, 2.24) is 0 Å². The molecule has 0 radical (unpaired) electrons. The number of ketones is 3. The number of carbonyl (C=O) groups excluding carboxylic acids is 4. The van der Waals surface area contributed by atoms with Crippen molar-refractivity contribution in [3.63, 3.8) is 0 Å². The van der Waals surface area contributed by atoms with Crippen LogP contribution >= 0.6 is 0 Å². The van der Waals surface area contributed by atoms with Gasteiger partial charge < -0.3 is 14.3 Å². The van der Waals surface area contributed by atoms with Gasteiger partial charge >= 0.3 is 5.97 Å². The Bertz CT molecular complexity index is 209. The van der Waals surface area contributed by atoms with Crippen LogP contribution < -0.4 is 0 Å². The summed E-state index contributed by atoms with van der Waals surface area (Å²) in [5, 5.41) is 0. The second kappa shape index (κ2) is 13.5. The van der Waals surface area contributed by atoms with E-state index in [9.17, 15) is 19.2 Å². The van der Waals surface area contributed by atoms with Gasteiger partial charge in [-0.25, -0.2) is 0 Å². The molecule has 0 aromatic heterocycles. The van der Waals surface area contributed by atoms with Crippen molar-refractivity contribution in [2.24, 2.45) is 0 Å². The van der Waals surface area contributed by atoms with Crippen LogP contribution in [0, 0.1) is 0 Å². The minimum atomic E-state index is -0.416. The van der Waals surface area contributed by atoms with Crippen LogP contribution in [0.2, 0.25) is 0 Å². The fourth-order valence-corrected chi connectivity index (χ4v) is 0.203. The molecule has 0 aliphatic heterocycles. The molecule has 0 unspecified atom stereocenters. The van der Waals surface area contributed by atoms with Gasteiger partial charge in [-0.1, -0.05) is 0 Å². The molecule has 0 aliphatic rings. The Hall–Kier alpha value is -1.52. The van der Waals surface area contributed by atoms with Gasteiger partial charge in [0.2, 0.25) is 0 Å². The topological polar surface area (TPSA) is 77.5 Å². The molecule has 0 bridgehead atoms. The van der Waals surface area contributed by atoms with E-state index < -0.39 is 5.97 Å². The molecular formula is C11H20O5. The smallest absolute Gasteiger partial charge is 0.303 e. The maximum absolute atomic E-state index is 10.1. The highest BCUT2D eigenvalue weighted by Gasteiger charge is 1.94. The SMILES string of the molecule is CC(=O)COC(C)=O.CC(C)=O.CC(C)=O. The molecule has 5 heteroatoms. The molecule has 0 fully saturated rings. The lowest BCUT2D eigenvalue weighted by atomic mass is 10.5. The fraction of sp³-hybridized carbons (Fsp3) is 0.636. The first-order valence-corrected chi connectivity index (χ1v) is 4.66. The molecule has 0 N–H and O–H groups in total. The van der Waals surface area contributed by atoms with E-state index in [0.29, 0.717) is 0 Å². The second-order valence-electron chi connectivity index (χ2n) is 3.30. The molecule has 5 nitrogen and oxygen atoms in total. The molecule has 94 valence electrons. The lowest BCUT2D eigenvalue weighted by molar-refractivity contribution is -0.145. The van der Waals surface area contributed by atoms with Gasteiger partial charge in [0.25, 0.3) is 0 Å².